The molecular formula is C22H31N3O5S. The highest BCUT2D eigenvalue weighted by atomic mass is 32.2. The minimum Gasteiger partial charge on any atom is -0.339 e. The molecule has 0 unspecified atom stereocenters. The van der Waals surface area contributed by atoms with Crippen LogP contribution in [-0.2, 0) is 10.0 Å². The summed E-state index contributed by atoms with van der Waals surface area (Å²) in [5.41, 5.74) is 0.978. The molecule has 1 aromatic carbocycles. The van der Waals surface area contributed by atoms with Gasteiger partial charge < -0.3 is 4.90 Å². The van der Waals surface area contributed by atoms with Crippen molar-refractivity contribution in [2.75, 3.05) is 25.4 Å². The van der Waals surface area contributed by atoms with Crippen LogP contribution in [-0.4, -0.2) is 67.4 Å². The lowest BCUT2D eigenvalue weighted by atomic mass is 10.0. The molecular weight excluding hydrogens is 418 g/mol. The molecule has 0 aromatic heterocycles. The van der Waals surface area contributed by atoms with E-state index in [0.29, 0.717) is 50.0 Å². The molecule has 0 saturated carbocycles. The lowest BCUT2D eigenvalue weighted by molar-refractivity contribution is 0.0635. The van der Waals surface area contributed by atoms with E-state index in [9.17, 15) is 22.8 Å². The summed E-state index contributed by atoms with van der Waals surface area (Å²) < 4.78 is 26.9. The van der Waals surface area contributed by atoms with Crippen LogP contribution in [0.15, 0.2) is 18.2 Å². The normalized spacial score (nSPS) is 17.5. The quantitative estimate of drug-likeness (QED) is 0.613. The van der Waals surface area contributed by atoms with Crippen LogP contribution in [0, 0.1) is 5.92 Å². The number of nitrogens with one attached hydrogen (secondary N) is 1. The fourth-order valence-corrected chi connectivity index (χ4v) is 5.52. The van der Waals surface area contributed by atoms with E-state index >= 15 is 0 Å². The summed E-state index contributed by atoms with van der Waals surface area (Å²) in [4.78, 5) is 41.0. The number of carbonyl (C=O) groups excluding carboxylic acids is 3. The number of benzene rings is 1. The maximum atomic E-state index is 13.0. The average Bonchev–Trinajstić information content (AvgIpc) is 2.96. The van der Waals surface area contributed by atoms with Crippen molar-refractivity contribution in [1.82, 2.24) is 14.5 Å². The number of nitrogens with zero attached hydrogens (tertiary/aromatic N) is 2. The van der Waals surface area contributed by atoms with Crippen molar-refractivity contribution >= 4 is 27.7 Å². The number of piperidine rings is 1. The molecule has 0 atom stereocenters. The molecule has 2 heterocycles. The third-order valence-corrected chi connectivity index (χ3v) is 7.18. The number of amides is 3. The molecule has 1 fully saturated rings. The first kappa shape index (κ1) is 23.4. The highest BCUT2D eigenvalue weighted by Gasteiger charge is 2.36. The van der Waals surface area contributed by atoms with Crippen LogP contribution >= 0.6 is 0 Å². The molecule has 2 aliphatic heterocycles. The van der Waals surface area contributed by atoms with Crippen molar-refractivity contribution in [3.05, 3.63) is 34.9 Å². The van der Waals surface area contributed by atoms with E-state index in [0.717, 1.165) is 6.42 Å². The summed E-state index contributed by atoms with van der Waals surface area (Å²) in [5.74, 6) is -0.604. The van der Waals surface area contributed by atoms with Gasteiger partial charge in [0.15, 0.2) is 0 Å². The zero-order chi connectivity index (χ0) is 22.8. The molecule has 1 aromatic rings. The topological polar surface area (TPSA) is 104 Å². The van der Waals surface area contributed by atoms with Gasteiger partial charge in [-0.1, -0.05) is 27.2 Å². The van der Waals surface area contributed by atoms with Gasteiger partial charge in [-0.15, -0.1) is 0 Å². The summed E-state index contributed by atoms with van der Waals surface area (Å²) >= 11 is 0. The second-order valence-electron chi connectivity index (χ2n) is 8.73. The fourth-order valence-electron chi connectivity index (χ4n) is 3.98. The first-order valence-electron chi connectivity index (χ1n) is 10.9. The molecule has 9 heteroatoms. The number of imide groups is 1. The highest BCUT2D eigenvalue weighted by molar-refractivity contribution is 7.89. The zero-order valence-corrected chi connectivity index (χ0v) is 19.2. The molecule has 0 radical (unpaired) electrons. The van der Waals surface area contributed by atoms with E-state index in [2.05, 4.69) is 4.72 Å². The molecule has 0 aliphatic carbocycles. The van der Waals surface area contributed by atoms with Gasteiger partial charge in [0.05, 0.1) is 16.9 Å². The van der Waals surface area contributed by atoms with Crippen LogP contribution in [0.25, 0.3) is 0 Å². The van der Waals surface area contributed by atoms with Crippen LogP contribution in [0.4, 0.5) is 0 Å². The lowest BCUT2D eigenvalue weighted by Crippen LogP contribution is -2.47. The maximum Gasteiger partial charge on any atom is 0.261 e. The Morgan fingerprint density at radius 3 is 2.39 bits per heavy atom. The summed E-state index contributed by atoms with van der Waals surface area (Å²) in [5, 5.41) is 0. The van der Waals surface area contributed by atoms with Crippen molar-refractivity contribution in [2.45, 2.75) is 52.5 Å². The number of sulfonamides is 1. The first-order valence-corrected chi connectivity index (χ1v) is 12.6. The number of rotatable bonds is 8. The van der Waals surface area contributed by atoms with Crippen molar-refractivity contribution in [3.63, 3.8) is 0 Å². The van der Waals surface area contributed by atoms with Crippen LogP contribution in [0.5, 0.6) is 0 Å². The Morgan fingerprint density at radius 2 is 1.77 bits per heavy atom. The number of hydrogen-bond donors (Lipinski definition) is 1. The Bertz CT molecular complexity index is 965. The molecule has 1 saturated heterocycles. The highest BCUT2D eigenvalue weighted by Crippen LogP contribution is 2.26. The first-order chi connectivity index (χ1) is 14.6. The molecule has 0 spiro atoms. The van der Waals surface area contributed by atoms with Gasteiger partial charge >= 0.3 is 0 Å². The van der Waals surface area contributed by atoms with Crippen LogP contribution in [0.1, 0.15) is 77.5 Å². The SMILES string of the molecule is CCCCS(=O)(=O)NC1CCN(C(=O)c2ccc3c(c2)C(=O)N(CC(C)C)C3=O)CC1. The zero-order valence-electron chi connectivity index (χ0n) is 18.4. The Hall–Kier alpha value is -2.26. The monoisotopic (exact) mass is 449 g/mol. The molecule has 3 rings (SSSR count). The number of unbranched alkanes of at least 4 members (excludes halogenated alkanes) is 1. The van der Waals surface area contributed by atoms with Gasteiger partial charge in [-0.2, -0.15) is 0 Å². The molecule has 31 heavy (non-hydrogen) atoms. The number of carbonyl (C=O) groups is 3. The third-order valence-electron chi connectivity index (χ3n) is 5.66. The van der Waals surface area contributed by atoms with Gasteiger partial charge in [-0.25, -0.2) is 13.1 Å². The van der Waals surface area contributed by atoms with E-state index in [-0.39, 0.29) is 41.0 Å². The standard InChI is InChI=1S/C22H31N3O5S/c1-4-5-12-31(29,30)23-17-8-10-24(11-9-17)20(26)16-6-7-18-19(13-16)22(28)25(21(18)27)14-15(2)3/h6-7,13,15,17,23H,4-5,8-12,14H2,1-3H3. The van der Waals surface area contributed by atoms with Crippen molar-refractivity contribution in [3.8, 4) is 0 Å². The number of likely N-dealkylation sites (tertiary alicyclic amines) is 1. The summed E-state index contributed by atoms with van der Waals surface area (Å²) in [7, 11) is -3.29. The molecule has 2 aliphatic rings. The summed E-state index contributed by atoms with van der Waals surface area (Å²) in [6, 6.07) is 4.48. The van der Waals surface area contributed by atoms with Gasteiger partial charge in [-0.05, 0) is 43.4 Å². The molecule has 8 nitrogen and oxygen atoms in total. The van der Waals surface area contributed by atoms with Crippen molar-refractivity contribution < 1.29 is 22.8 Å². The Kier molecular flexibility index (Phi) is 7.16. The predicted octanol–water partition coefficient (Wildman–Crippen LogP) is 2.26. The van der Waals surface area contributed by atoms with Gasteiger partial charge in [0.25, 0.3) is 17.7 Å². The average molecular weight is 450 g/mol. The Labute approximate surface area is 184 Å². The summed E-state index contributed by atoms with van der Waals surface area (Å²) in [6.07, 6.45) is 2.53. The van der Waals surface area contributed by atoms with Crippen LogP contribution in [0.3, 0.4) is 0 Å². The van der Waals surface area contributed by atoms with Crippen molar-refractivity contribution in [1.29, 1.82) is 0 Å². The van der Waals surface area contributed by atoms with E-state index < -0.39 is 10.0 Å². The molecule has 3 amide bonds. The minimum atomic E-state index is -3.29. The largest absolute Gasteiger partial charge is 0.339 e. The predicted molar refractivity (Wildman–Crippen MR) is 117 cm³/mol. The van der Waals surface area contributed by atoms with E-state index in [4.69, 9.17) is 0 Å². The molecule has 0 bridgehead atoms. The second-order valence-corrected chi connectivity index (χ2v) is 10.6. The third kappa shape index (κ3) is 5.33. The maximum absolute atomic E-state index is 13.0. The number of hydrogen-bond acceptors (Lipinski definition) is 5. The minimum absolute atomic E-state index is 0.123. The second kappa shape index (κ2) is 9.48. The van der Waals surface area contributed by atoms with E-state index in [1.165, 1.54) is 11.0 Å². The van der Waals surface area contributed by atoms with E-state index in [1.54, 1.807) is 17.0 Å². The Morgan fingerprint density at radius 1 is 1.13 bits per heavy atom. The van der Waals surface area contributed by atoms with E-state index in [1.807, 2.05) is 20.8 Å². The summed E-state index contributed by atoms with van der Waals surface area (Å²) in [6.45, 7) is 7.03. The van der Waals surface area contributed by atoms with Gasteiger partial charge in [0.2, 0.25) is 10.0 Å². The Balaban J connectivity index is 1.64. The van der Waals surface area contributed by atoms with Crippen LogP contribution in [0.2, 0.25) is 0 Å². The van der Waals surface area contributed by atoms with Crippen LogP contribution < -0.4 is 4.72 Å². The lowest BCUT2D eigenvalue weighted by Gasteiger charge is -2.32. The molecule has 170 valence electrons. The number of fused-ring (bicyclic) bond motifs is 1. The smallest absolute Gasteiger partial charge is 0.261 e. The van der Waals surface area contributed by atoms with Gasteiger partial charge in [0, 0.05) is 31.2 Å². The van der Waals surface area contributed by atoms with Gasteiger partial charge in [0.1, 0.15) is 0 Å². The molecule has 1 N–H and O–H groups in total. The van der Waals surface area contributed by atoms with Gasteiger partial charge in [-0.3, -0.25) is 19.3 Å². The fraction of sp³-hybridized carbons (Fsp3) is 0.591. The van der Waals surface area contributed by atoms with Crippen molar-refractivity contribution in [2.24, 2.45) is 5.92 Å².